The molecule has 36 heavy (non-hydrogen) atoms. The summed E-state index contributed by atoms with van der Waals surface area (Å²) >= 11 is 0. The summed E-state index contributed by atoms with van der Waals surface area (Å²) < 4.78 is 19.6. The van der Waals surface area contributed by atoms with E-state index in [4.69, 9.17) is 14.2 Å². The molecule has 1 aliphatic rings. The number of nitrogens with one attached hydrogen (secondary N) is 1. The third kappa shape index (κ3) is 4.75. The normalized spacial score (nSPS) is 13.7. The number of hydrogen-bond donors (Lipinski definition) is 1. The van der Waals surface area contributed by atoms with Crippen molar-refractivity contribution in [2.75, 3.05) is 19.8 Å². The van der Waals surface area contributed by atoms with Gasteiger partial charge < -0.3 is 18.8 Å². The summed E-state index contributed by atoms with van der Waals surface area (Å²) in [5.74, 6) is 0.585. The molecule has 0 saturated carbocycles. The fourth-order valence-electron chi connectivity index (χ4n) is 5.13. The van der Waals surface area contributed by atoms with Crippen molar-refractivity contribution in [2.45, 2.75) is 52.7 Å². The van der Waals surface area contributed by atoms with E-state index >= 15 is 0 Å². The van der Waals surface area contributed by atoms with E-state index in [1.165, 1.54) is 0 Å². The predicted octanol–water partition coefficient (Wildman–Crippen LogP) is 5.84. The number of benzene rings is 2. The first kappa shape index (κ1) is 24.1. The molecule has 1 aliphatic heterocycles. The van der Waals surface area contributed by atoms with Gasteiger partial charge in [-0.2, -0.15) is 5.10 Å². The molecule has 0 atom stereocenters. The van der Waals surface area contributed by atoms with E-state index in [2.05, 4.69) is 33.0 Å². The first-order valence-corrected chi connectivity index (χ1v) is 12.8. The standard InChI is InChI=1S/C29H33N3O4/c1-3-35-29(33)28-23(15-10-18-36-21-11-5-4-6-12-21)22-13-9-14-24-26-20(2)30-31-25(26)19-34-17-8-7-16-32(28)27(22)24/h4-6,9,11-14H,3,7-8,10,15-19H2,1-2H3,(H,30,31). The highest BCUT2D eigenvalue weighted by Crippen LogP contribution is 2.38. The maximum Gasteiger partial charge on any atom is 0.355 e. The summed E-state index contributed by atoms with van der Waals surface area (Å²) in [7, 11) is 0. The fraction of sp³-hybridized carbons (Fsp3) is 0.379. The molecule has 2 aromatic carbocycles. The molecule has 0 aliphatic carbocycles. The number of aryl methyl sites for hydroxylation is 3. The van der Waals surface area contributed by atoms with E-state index in [0.29, 0.717) is 38.5 Å². The zero-order valence-electron chi connectivity index (χ0n) is 21.0. The van der Waals surface area contributed by atoms with Gasteiger partial charge in [0.15, 0.2) is 0 Å². The van der Waals surface area contributed by atoms with E-state index in [0.717, 1.165) is 70.5 Å². The van der Waals surface area contributed by atoms with Crippen molar-refractivity contribution >= 4 is 16.9 Å². The number of aromatic nitrogens is 3. The van der Waals surface area contributed by atoms with Gasteiger partial charge in [-0.25, -0.2) is 4.79 Å². The van der Waals surface area contributed by atoms with Gasteiger partial charge in [-0.15, -0.1) is 0 Å². The smallest absolute Gasteiger partial charge is 0.355 e. The number of esters is 1. The first-order chi connectivity index (χ1) is 17.7. The predicted molar refractivity (Wildman–Crippen MR) is 139 cm³/mol. The highest BCUT2D eigenvalue weighted by atomic mass is 16.5. The molecule has 7 nitrogen and oxygen atoms in total. The summed E-state index contributed by atoms with van der Waals surface area (Å²) in [4.78, 5) is 13.4. The van der Waals surface area contributed by atoms with E-state index in [-0.39, 0.29) is 5.97 Å². The molecule has 1 N–H and O–H groups in total. The molecular weight excluding hydrogens is 454 g/mol. The molecule has 0 spiro atoms. The van der Waals surface area contributed by atoms with Crippen molar-refractivity contribution in [3.05, 3.63) is 71.2 Å². The Balaban J connectivity index is 1.61. The zero-order valence-corrected chi connectivity index (χ0v) is 21.0. The molecule has 7 heteroatoms. The fourth-order valence-corrected chi connectivity index (χ4v) is 5.13. The third-order valence-electron chi connectivity index (χ3n) is 6.69. The molecule has 0 bridgehead atoms. The summed E-state index contributed by atoms with van der Waals surface area (Å²) in [6, 6.07) is 16.1. The van der Waals surface area contributed by atoms with Crippen LogP contribution in [0.1, 0.15) is 53.6 Å². The first-order valence-electron chi connectivity index (χ1n) is 12.8. The molecule has 0 unspecified atom stereocenters. The third-order valence-corrected chi connectivity index (χ3v) is 6.69. The monoisotopic (exact) mass is 487 g/mol. The number of para-hydroxylation sites is 2. The molecule has 5 rings (SSSR count). The average Bonchev–Trinajstić information content (AvgIpc) is 3.40. The molecule has 188 valence electrons. The second-order valence-corrected chi connectivity index (χ2v) is 9.10. The van der Waals surface area contributed by atoms with Gasteiger partial charge in [0.05, 0.1) is 31.0 Å². The lowest BCUT2D eigenvalue weighted by Crippen LogP contribution is -2.15. The van der Waals surface area contributed by atoms with Crippen molar-refractivity contribution in [1.82, 2.24) is 14.8 Å². The maximum absolute atomic E-state index is 13.4. The van der Waals surface area contributed by atoms with Crippen LogP contribution < -0.4 is 4.74 Å². The van der Waals surface area contributed by atoms with Crippen molar-refractivity contribution in [2.24, 2.45) is 0 Å². The molecule has 0 saturated heterocycles. The number of H-pyrrole nitrogens is 1. The number of ether oxygens (including phenoxy) is 3. The Morgan fingerprint density at radius 1 is 1.14 bits per heavy atom. The van der Waals surface area contributed by atoms with E-state index < -0.39 is 0 Å². The van der Waals surface area contributed by atoms with Crippen molar-refractivity contribution in [3.63, 3.8) is 0 Å². The van der Waals surface area contributed by atoms with Gasteiger partial charge in [-0.05, 0) is 57.2 Å². The Bertz CT molecular complexity index is 1340. The molecule has 0 fully saturated rings. The van der Waals surface area contributed by atoms with Crippen molar-refractivity contribution in [1.29, 1.82) is 0 Å². The SMILES string of the molecule is CCOC(=O)c1c(CCCOc2ccccc2)c2cccc3c2n1CCCCOCc1n[nH]c(C)c1-3. The molecule has 2 aromatic heterocycles. The minimum absolute atomic E-state index is 0.270. The van der Waals surface area contributed by atoms with Gasteiger partial charge in [-0.1, -0.05) is 36.4 Å². The Morgan fingerprint density at radius 2 is 2.00 bits per heavy atom. The van der Waals surface area contributed by atoms with Gasteiger partial charge in [0.25, 0.3) is 0 Å². The molecule has 4 aromatic rings. The molecule has 0 radical (unpaired) electrons. The highest BCUT2D eigenvalue weighted by molar-refractivity contribution is 6.04. The Labute approximate surface area is 211 Å². The van der Waals surface area contributed by atoms with Crippen LogP contribution in [0.4, 0.5) is 0 Å². The second-order valence-electron chi connectivity index (χ2n) is 9.10. The zero-order chi connectivity index (χ0) is 24.9. The van der Waals surface area contributed by atoms with Crippen LogP contribution >= 0.6 is 0 Å². The number of hydrogen-bond acceptors (Lipinski definition) is 5. The Morgan fingerprint density at radius 3 is 2.83 bits per heavy atom. The van der Waals surface area contributed by atoms with Crippen LogP contribution in [0.3, 0.4) is 0 Å². The van der Waals surface area contributed by atoms with Gasteiger partial charge in [0, 0.05) is 35.4 Å². The summed E-state index contributed by atoms with van der Waals surface area (Å²) in [5, 5.41) is 8.76. The maximum atomic E-state index is 13.4. The van der Waals surface area contributed by atoms with Gasteiger partial charge >= 0.3 is 5.97 Å². The molecule has 0 amide bonds. The lowest BCUT2D eigenvalue weighted by atomic mass is 9.98. The lowest BCUT2D eigenvalue weighted by Gasteiger charge is -2.13. The van der Waals surface area contributed by atoms with Gasteiger partial charge in [0.1, 0.15) is 11.4 Å². The number of nitrogens with zero attached hydrogens (tertiary/aromatic N) is 2. The van der Waals surface area contributed by atoms with E-state index in [1.807, 2.05) is 44.2 Å². The van der Waals surface area contributed by atoms with E-state index in [9.17, 15) is 4.79 Å². The molecular formula is C29H33N3O4. The minimum atomic E-state index is -0.270. The topological polar surface area (TPSA) is 78.4 Å². The Kier molecular flexibility index (Phi) is 7.37. The average molecular weight is 488 g/mol. The van der Waals surface area contributed by atoms with E-state index in [1.54, 1.807) is 0 Å². The lowest BCUT2D eigenvalue weighted by molar-refractivity contribution is 0.0512. The molecule has 3 heterocycles. The number of aromatic amines is 1. The quantitative estimate of drug-likeness (QED) is 0.262. The number of fused-ring (bicyclic) bond motifs is 2. The Hall–Kier alpha value is -3.58. The van der Waals surface area contributed by atoms with Crippen molar-refractivity contribution in [3.8, 4) is 16.9 Å². The summed E-state index contributed by atoms with van der Waals surface area (Å²) in [6.07, 6.45) is 3.32. The van der Waals surface area contributed by atoms with Crippen LogP contribution in [0.5, 0.6) is 5.75 Å². The largest absolute Gasteiger partial charge is 0.494 e. The van der Waals surface area contributed by atoms with Crippen LogP contribution in [0, 0.1) is 6.92 Å². The summed E-state index contributed by atoms with van der Waals surface area (Å²) in [5.41, 5.74) is 6.74. The minimum Gasteiger partial charge on any atom is -0.494 e. The van der Waals surface area contributed by atoms with Crippen LogP contribution in [0.25, 0.3) is 22.0 Å². The van der Waals surface area contributed by atoms with Gasteiger partial charge in [-0.3, -0.25) is 5.10 Å². The van der Waals surface area contributed by atoms with Crippen LogP contribution in [0.2, 0.25) is 0 Å². The van der Waals surface area contributed by atoms with Gasteiger partial charge in [0.2, 0.25) is 0 Å². The number of carbonyl (C=O) groups is 1. The van der Waals surface area contributed by atoms with Crippen LogP contribution in [-0.2, 0) is 29.0 Å². The number of rotatable bonds is 7. The highest BCUT2D eigenvalue weighted by Gasteiger charge is 2.27. The van der Waals surface area contributed by atoms with Crippen molar-refractivity contribution < 1.29 is 19.0 Å². The number of carbonyl (C=O) groups excluding carboxylic acids is 1. The second kappa shape index (κ2) is 11.0. The van der Waals surface area contributed by atoms with Crippen LogP contribution in [-0.4, -0.2) is 40.6 Å². The van der Waals surface area contributed by atoms with Crippen LogP contribution in [0.15, 0.2) is 48.5 Å². The summed E-state index contributed by atoms with van der Waals surface area (Å²) in [6.45, 7) is 6.63.